The zero-order chi connectivity index (χ0) is 20.5. The Morgan fingerprint density at radius 3 is 2.61 bits per heavy atom. The highest BCUT2D eigenvalue weighted by molar-refractivity contribution is 7.98. The molecule has 0 saturated heterocycles. The molecular weight excluding hydrogens is 419 g/mol. The van der Waals surface area contributed by atoms with Crippen LogP contribution in [0.3, 0.4) is 0 Å². The molecule has 2 rings (SSSR count). The fraction of sp³-hybridized carbons (Fsp3) is 0.300. The van der Waals surface area contributed by atoms with Gasteiger partial charge in [0.1, 0.15) is 11.8 Å². The van der Waals surface area contributed by atoms with Crippen molar-refractivity contribution in [2.75, 3.05) is 19.1 Å². The van der Waals surface area contributed by atoms with Gasteiger partial charge in [0.15, 0.2) is 0 Å². The van der Waals surface area contributed by atoms with E-state index in [4.69, 9.17) is 27.9 Å². The Hall–Kier alpha value is -1.89. The maximum Gasteiger partial charge on any atom is 0.253 e. The molecule has 0 aliphatic carbocycles. The lowest BCUT2D eigenvalue weighted by Gasteiger charge is -2.19. The summed E-state index contributed by atoms with van der Waals surface area (Å²) in [5.74, 6) is 0.737. The Kier molecular flexibility index (Phi) is 8.96. The standard InChI is InChI=1S/C20H22Cl2N2O3S/c1-27-18-6-4-3-5-13(18)12-23-20(26)17(9-10-28-2)24-19(25)15-8-7-14(21)11-16(15)22/h3-8,11,17H,9-10,12H2,1-2H3,(H,23,26)(H,24,25)/t17-/m0/s1. The molecule has 2 aromatic rings. The van der Waals surface area contributed by atoms with Gasteiger partial charge in [-0.1, -0.05) is 41.4 Å². The maximum absolute atomic E-state index is 12.7. The van der Waals surface area contributed by atoms with E-state index < -0.39 is 11.9 Å². The number of carbonyl (C=O) groups is 2. The molecule has 2 N–H and O–H groups in total. The molecule has 28 heavy (non-hydrogen) atoms. The molecule has 2 aromatic carbocycles. The smallest absolute Gasteiger partial charge is 0.253 e. The van der Waals surface area contributed by atoms with Crippen LogP contribution in [0.1, 0.15) is 22.3 Å². The van der Waals surface area contributed by atoms with E-state index in [9.17, 15) is 9.59 Å². The second-order valence-corrected chi connectivity index (χ2v) is 7.79. The van der Waals surface area contributed by atoms with Crippen molar-refractivity contribution in [3.05, 3.63) is 63.6 Å². The largest absolute Gasteiger partial charge is 0.496 e. The number of nitrogens with one attached hydrogen (secondary N) is 2. The maximum atomic E-state index is 12.7. The molecule has 0 aliphatic heterocycles. The highest BCUT2D eigenvalue weighted by Crippen LogP contribution is 2.21. The van der Waals surface area contributed by atoms with Gasteiger partial charge in [0, 0.05) is 17.1 Å². The summed E-state index contributed by atoms with van der Waals surface area (Å²) in [5, 5.41) is 6.31. The van der Waals surface area contributed by atoms with Gasteiger partial charge in [0.25, 0.3) is 5.91 Å². The number of hydrogen-bond acceptors (Lipinski definition) is 4. The van der Waals surface area contributed by atoms with E-state index in [1.807, 2.05) is 30.5 Å². The number of hydrogen-bond donors (Lipinski definition) is 2. The molecule has 0 unspecified atom stereocenters. The zero-order valence-electron chi connectivity index (χ0n) is 15.6. The van der Waals surface area contributed by atoms with E-state index in [-0.39, 0.29) is 16.5 Å². The van der Waals surface area contributed by atoms with E-state index in [0.717, 1.165) is 11.3 Å². The fourth-order valence-electron chi connectivity index (χ4n) is 2.57. The molecular formula is C20H22Cl2N2O3S. The molecule has 0 radical (unpaired) electrons. The number of methoxy groups -OCH3 is 1. The van der Waals surface area contributed by atoms with Gasteiger partial charge in [-0.25, -0.2) is 0 Å². The number of halogens is 2. The average Bonchev–Trinajstić information content (AvgIpc) is 2.69. The summed E-state index contributed by atoms with van der Waals surface area (Å²) in [6, 6.07) is 11.4. The molecule has 0 fully saturated rings. The SMILES string of the molecule is COc1ccccc1CNC(=O)[C@H](CCSC)NC(=O)c1ccc(Cl)cc1Cl. The molecule has 0 aromatic heterocycles. The third-order valence-electron chi connectivity index (χ3n) is 4.05. The summed E-state index contributed by atoms with van der Waals surface area (Å²) in [6.07, 6.45) is 2.44. The Morgan fingerprint density at radius 1 is 1.18 bits per heavy atom. The molecule has 0 bridgehead atoms. The van der Waals surface area contributed by atoms with Gasteiger partial charge in [0.2, 0.25) is 5.91 Å². The summed E-state index contributed by atoms with van der Waals surface area (Å²) in [4.78, 5) is 25.3. The van der Waals surface area contributed by atoms with Crippen molar-refractivity contribution >= 4 is 46.8 Å². The first kappa shape index (κ1) is 22.4. The summed E-state index contributed by atoms with van der Waals surface area (Å²) < 4.78 is 5.30. The summed E-state index contributed by atoms with van der Waals surface area (Å²) in [5.41, 5.74) is 1.13. The minimum atomic E-state index is -0.679. The van der Waals surface area contributed by atoms with Gasteiger partial charge >= 0.3 is 0 Å². The normalized spacial score (nSPS) is 11.6. The molecule has 0 aliphatic rings. The van der Waals surface area contributed by atoms with Crippen LogP contribution < -0.4 is 15.4 Å². The molecule has 0 heterocycles. The first-order valence-corrected chi connectivity index (χ1v) is 10.8. The number of carbonyl (C=O) groups excluding carboxylic acids is 2. The van der Waals surface area contributed by atoms with Crippen molar-refractivity contribution in [3.63, 3.8) is 0 Å². The van der Waals surface area contributed by atoms with Crippen molar-refractivity contribution in [2.45, 2.75) is 19.0 Å². The van der Waals surface area contributed by atoms with Gasteiger partial charge < -0.3 is 15.4 Å². The van der Waals surface area contributed by atoms with E-state index >= 15 is 0 Å². The summed E-state index contributed by atoms with van der Waals surface area (Å²) >= 11 is 13.6. The van der Waals surface area contributed by atoms with E-state index in [0.29, 0.717) is 23.7 Å². The molecule has 5 nitrogen and oxygen atoms in total. The topological polar surface area (TPSA) is 67.4 Å². The molecule has 150 valence electrons. The number of rotatable bonds is 9. The Bertz CT molecular complexity index is 833. The van der Waals surface area contributed by atoms with Crippen molar-refractivity contribution in [1.82, 2.24) is 10.6 Å². The highest BCUT2D eigenvalue weighted by atomic mass is 35.5. The van der Waals surface area contributed by atoms with Crippen LogP contribution in [-0.4, -0.2) is 37.0 Å². The van der Waals surface area contributed by atoms with Gasteiger partial charge in [-0.05, 0) is 42.7 Å². The van der Waals surface area contributed by atoms with Crippen LogP contribution in [0.2, 0.25) is 10.0 Å². The molecule has 8 heteroatoms. The summed E-state index contributed by atoms with van der Waals surface area (Å²) in [7, 11) is 1.58. The second-order valence-electron chi connectivity index (χ2n) is 5.96. The number of benzene rings is 2. The minimum Gasteiger partial charge on any atom is -0.496 e. The van der Waals surface area contributed by atoms with Crippen molar-refractivity contribution in [2.24, 2.45) is 0 Å². The fourth-order valence-corrected chi connectivity index (χ4v) is 3.53. The van der Waals surface area contributed by atoms with Crippen LogP contribution in [0.25, 0.3) is 0 Å². The van der Waals surface area contributed by atoms with Crippen LogP contribution >= 0.6 is 35.0 Å². The third-order valence-corrected chi connectivity index (χ3v) is 5.25. The van der Waals surface area contributed by atoms with E-state index in [2.05, 4.69) is 10.6 Å². The van der Waals surface area contributed by atoms with Crippen LogP contribution in [0, 0.1) is 0 Å². The van der Waals surface area contributed by atoms with Crippen molar-refractivity contribution in [3.8, 4) is 5.75 Å². The molecule has 2 amide bonds. The Labute approximate surface area is 179 Å². The number of ether oxygens (including phenoxy) is 1. The minimum absolute atomic E-state index is 0.239. The lowest BCUT2D eigenvalue weighted by Crippen LogP contribution is -2.47. The van der Waals surface area contributed by atoms with Crippen molar-refractivity contribution in [1.29, 1.82) is 0 Å². The third kappa shape index (κ3) is 6.33. The Morgan fingerprint density at radius 2 is 1.93 bits per heavy atom. The molecule has 0 spiro atoms. The highest BCUT2D eigenvalue weighted by Gasteiger charge is 2.22. The first-order valence-electron chi connectivity index (χ1n) is 8.60. The predicted molar refractivity (Wildman–Crippen MR) is 116 cm³/mol. The summed E-state index contributed by atoms with van der Waals surface area (Å²) in [6.45, 7) is 0.302. The van der Waals surface area contributed by atoms with E-state index in [1.165, 1.54) is 6.07 Å². The van der Waals surface area contributed by atoms with Crippen LogP contribution in [-0.2, 0) is 11.3 Å². The van der Waals surface area contributed by atoms with E-state index in [1.54, 1.807) is 31.0 Å². The number of amides is 2. The van der Waals surface area contributed by atoms with Crippen LogP contribution in [0.4, 0.5) is 0 Å². The average molecular weight is 441 g/mol. The van der Waals surface area contributed by atoms with Gasteiger partial charge in [0.05, 0.1) is 17.7 Å². The quantitative estimate of drug-likeness (QED) is 0.613. The van der Waals surface area contributed by atoms with Crippen LogP contribution in [0.5, 0.6) is 5.75 Å². The van der Waals surface area contributed by atoms with Gasteiger partial charge in [-0.2, -0.15) is 11.8 Å². The zero-order valence-corrected chi connectivity index (χ0v) is 18.0. The lowest BCUT2D eigenvalue weighted by atomic mass is 10.1. The molecule has 0 saturated carbocycles. The predicted octanol–water partition coefficient (Wildman–Crippen LogP) is 4.17. The first-order chi connectivity index (χ1) is 13.5. The van der Waals surface area contributed by atoms with Crippen molar-refractivity contribution < 1.29 is 14.3 Å². The van der Waals surface area contributed by atoms with Crippen LogP contribution in [0.15, 0.2) is 42.5 Å². The van der Waals surface area contributed by atoms with Gasteiger partial charge in [-0.3, -0.25) is 9.59 Å². The molecule has 1 atom stereocenters. The second kappa shape index (κ2) is 11.2. The monoisotopic (exact) mass is 440 g/mol. The number of thioether (sulfide) groups is 1. The number of para-hydroxylation sites is 1. The lowest BCUT2D eigenvalue weighted by molar-refractivity contribution is -0.123. The Balaban J connectivity index is 2.06. The van der Waals surface area contributed by atoms with Gasteiger partial charge in [-0.15, -0.1) is 0 Å².